The lowest BCUT2D eigenvalue weighted by Gasteiger charge is -2.22. The van der Waals surface area contributed by atoms with Gasteiger partial charge < -0.3 is 4.74 Å². The van der Waals surface area contributed by atoms with E-state index in [9.17, 15) is 0 Å². The number of ether oxygens (including phenoxy) is 1. The van der Waals surface area contributed by atoms with Gasteiger partial charge in [-0.05, 0) is 25.3 Å². The van der Waals surface area contributed by atoms with Gasteiger partial charge in [0.15, 0.2) is 0 Å². The second-order valence-corrected chi connectivity index (χ2v) is 7.89. The van der Waals surface area contributed by atoms with Crippen molar-refractivity contribution >= 4 is 6.08 Å². The molecule has 0 bridgehead atoms. The third-order valence-electron chi connectivity index (χ3n) is 5.17. The van der Waals surface area contributed by atoms with Gasteiger partial charge in [-0.2, -0.15) is 0 Å². The van der Waals surface area contributed by atoms with Crippen LogP contribution >= 0.6 is 0 Å². The molecule has 0 saturated carbocycles. The van der Waals surface area contributed by atoms with Gasteiger partial charge in [0, 0.05) is 19.7 Å². The molecule has 0 aliphatic carbocycles. The van der Waals surface area contributed by atoms with Crippen molar-refractivity contribution in [2.24, 2.45) is 0 Å². The number of hydrogen-bond acceptors (Lipinski definition) is 2. The molecular weight excluding hydrogens is 354 g/mol. The second kappa shape index (κ2) is 23.2. The maximum atomic E-state index is 5.61. The Balaban J connectivity index is 0.000000807. The van der Waals surface area contributed by atoms with Crippen molar-refractivity contribution in [3.8, 4) is 0 Å². The molecule has 0 heterocycles. The van der Waals surface area contributed by atoms with Crippen LogP contribution in [0.2, 0.25) is 0 Å². The van der Waals surface area contributed by atoms with Crippen LogP contribution in [0.5, 0.6) is 0 Å². The predicted octanol–water partition coefficient (Wildman–Crippen LogP) is 8.33. The van der Waals surface area contributed by atoms with Gasteiger partial charge in [-0.1, -0.05) is 121 Å². The molecule has 0 fully saturated rings. The molecule has 0 aliphatic rings. The molecule has 0 N–H and O–H groups in total. The van der Waals surface area contributed by atoms with E-state index in [1.165, 1.54) is 95.7 Å². The van der Waals surface area contributed by atoms with E-state index < -0.39 is 0 Å². The SMILES string of the molecule is C=Cc1ccccc1.CCCCCCCCN(CCCCCCCC)COCC. The standard InChI is InChI=1S/C19H41NO.C8H8/c1-4-7-9-11-13-15-17-20(19-21-6-3)18-16-14-12-10-8-5-2;1-2-8-6-4-3-5-7-8/h4-19H2,1-3H3;2-7H,1H2. The van der Waals surface area contributed by atoms with Crippen LogP contribution in [0.1, 0.15) is 103 Å². The molecule has 0 aromatic heterocycles. The highest BCUT2D eigenvalue weighted by Gasteiger charge is 2.04. The van der Waals surface area contributed by atoms with Crippen molar-refractivity contribution in [2.45, 2.75) is 97.8 Å². The van der Waals surface area contributed by atoms with Gasteiger partial charge in [0.05, 0.1) is 6.73 Å². The van der Waals surface area contributed by atoms with Crippen molar-refractivity contribution in [3.05, 3.63) is 42.5 Å². The molecule has 1 aromatic carbocycles. The topological polar surface area (TPSA) is 12.5 Å². The van der Waals surface area contributed by atoms with E-state index in [1.54, 1.807) is 0 Å². The normalized spacial score (nSPS) is 10.6. The summed E-state index contributed by atoms with van der Waals surface area (Å²) in [5, 5.41) is 0. The van der Waals surface area contributed by atoms with E-state index in [-0.39, 0.29) is 0 Å². The zero-order valence-electron chi connectivity index (χ0n) is 19.8. The van der Waals surface area contributed by atoms with Gasteiger partial charge in [-0.15, -0.1) is 0 Å². The molecule has 0 radical (unpaired) electrons. The van der Waals surface area contributed by atoms with E-state index in [1.807, 2.05) is 36.4 Å². The van der Waals surface area contributed by atoms with Crippen molar-refractivity contribution in [1.82, 2.24) is 4.90 Å². The zero-order valence-corrected chi connectivity index (χ0v) is 19.8. The Labute approximate surface area is 182 Å². The van der Waals surface area contributed by atoms with Crippen molar-refractivity contribution < 1.29 is 4.74 Å². The molecule has 1 rings (SSSR count). The van der Waals surface area contributed by atoms with Crippen LogP contribution in [0.15, 0.2) is 36.9 Å². The minimum Gasteiger partial charge on any atom is -0.366 e. The van der Waals surface area contributed by atoms with Gasteiger partial charge in [-0.25, -0.2) is 0 Å². The number of unbranched alkanes of at least 4 members (excludes halogenated alkanes) is 10. The molecule has 2 nitrogen and oxygen atoms in total. The average Bonchev–Trinajstić information content (AvgIpc) is 2.77. The Morgan fingerprint density at radius 3 is 1.62 bits per heavy atom. The summed E-state index contributed by atoms with van der Waals surface area (Å²) < 4.78 is 5.61. The molecule has 0 saturated heterocycles. The predicted molar refractivity (Wildman–Crippen MR) is 131 cm³/mol. The first-order chi connectivity index (χ1) is 14.3. The van der Waals surface area contributed by atoms with Crippen molar-refractivity contribution in [3.63, 3.8) is 0 Å². The van der Waals surface area contributed by atoms with Crippen LogP contribution in [-0.2, 0) is 4.74 Å². The highest BCUT2D eigenvalue weighted by molar-refractivity contribution is 5.45. The number of rotatable bonds is 18. The summed E-state index contributed by atoms with van der Waals surface area (Å²) in [5.74, 6) is 0. The Bertz CT molecular complexity index is 415. The van der Waals surface area contributed by atoms with Crippen LogP contribution in [0, 0.1) is 0 Å². The zero-order chi connectivity index (χ0) is 21.4. The fraction of sp³-hybridized carbons (Fsp3) is 0.704. The second-order valence-electron chi connectivity index (χ2n) is 7.89. The molecule has 2 heteroatoms. The minimum absolute atomic E-state index is 0.834. The van der Waals surface area contributed by atoms with E-state index in [2.05, 4.69) is 32.3 Å². The van der Waals surface area contributed by atoms with Crippen molar-refractivity contribution in [1.29, 1.82) is 0 Å². The third kappa shape index (κ3) is 19.9. The third-order valence-corrected chi connectivity index (χ3v) is 5.17. The summed E-state index contributed by atoms with van der Waals surface area (Å²) in [5.41, 5.74) is 1.17. The van der Waals surface area contributed by atoms with Crippen LogP contribution in [0.3, 0.4) is 0 Å². The molecule has 0 aliphatic heterocycles. The van der Waals surface area contributed by atoms with Crippen molar-refractivity contribution in [2.75, 3.05) is 26.4 Å². The van der Waals surface area contributed by atoms with Crippen LogP contribution in [0.25, 0.3) is 6.08 Å². The molecule has 168 valence electrons. The van der Waals surface area contributed by atoms with E-state index in [4.69, 9.17) is 4.74 Å². The Morgan fingerprint density at radius 1 is 0.724 bits per heavy atom. The van der Waals surface area contributed by atoms with Gasteiger partial charge in [0.25, 0.3) is 0 Å². The maximum Gasteiger partial charge on any atom is 0.0990 e. The highest BCUT2D eigenvalue weighted by Crippen LogP contribution is 2.09. The lowest BCUT2D eigenvalue weighted by atomic mass is 10.1. The number of nitrogens with zero attached hydrogens (tertiary/aromatic N) is 1. The monoisotopic (exact) mass is 403 g/mol. The molecule has 29 heavy (non-hydrogen) atoms. The summed E-state index contributed by atoms with van der Waals surface area (Å²) >= 11 is 0. The Morgan fingerprint density at radius 2 is 1.21 bits per heavy atom. The van der Waals surface area contributed by atoms with Crippen LogP contribution in [-0.4, -0.2) is 31.3 Å². The molecular formula is C27H49NO. The Kier molecular flexibility index (Phi) is 22.3. The molecule has 0 atom stereocenters. The van der Waals surface area contributed by atoms with Gasteiger partial charge in [0.2, 0.25) is 0 Å². The van der Waals surface area contributed by atoms with Crippen LogP contribution < -0.4 is 0 Å². The lowest BCUT2D eigenvalue weighted by molar-refractivity contribution is 0.0334. The lowest BCUT2D eigenvalue weighted by Crippen LogP contribution is -2.28. The smallest absolute Gasteiger partial charge is 0.0990 e. The summed E-state index contributed by atoms with van der Waals surface area (Å²) in [7, 11) is 0. The average molecular weight is 404 g/mol. The van der Waals surface area contributed by atoms with E-state index in [0.29, 0.717) is 0 Å². The van der Waals surface area contributed by atoms with Gasteiger partial charge in [-0.3, -0.25) is 4.90 Å². The number of benzene rings is 1. The molecule has 0 amide bonds. The largest absolute Gasteiger partial charge is 0.366 e. The molecule has 0 unspecified atom stereocenters. The summed E-state index contributed by atoms with van der Waals surface area (Å²) in [6, 6.07) is 10.0. The fourth-order valence-electron chi connectivity index (χ4n) is 3.28. The van der Waals surface area contributed by atoms with E-state index >= 15 is 0 Å². The van der Waals surface area contributed by atoms with E-state index in [0.717, 1.165) is 13.3 Å². The summed E-state index contributed by atoms with van der Waals surface area (Å²) in [6.45, 7) is 14.4. The Hall–Kier alpha value is -1.12. The maximum absolute atomic E-state index is 5.61. The first kappa shape index (κ1) is 27.9. The fourth-order valence-corrected chi connectivity index (χ4v) is 3.28. The number of hydrogen-bond donors (Lipinski definition) is 0. The highest BCUT2D eigenvalue weighted by atomic mass is 16.5. The first-order valence-electron chi connectivity index (χ1n) is 12.3. The van der Waals surface area contributed by atoms with Gasteiger partial charge >= 0.3 is 0 Å². The van der Waals surface area contributed by atoms with Crippen LogP contribution in [0.4, 0.5) is 0 Å². The molecule has 1 aromatic rings. The van der Waals surface area contributed by atoms with Gasteiger partial charge in [0.1, 0.15) is 0 Å². The summed E-state index contributed by atoms with van der Waals surface area (Å²) in [4.78, 5) is 2.52. The molecule has 0 spiro atoms. The quantitative estimate of drug-likeness (QED) is 0.180. The minimum atomic E-state index is 0.834. The summed E-state index contributed by atoms with van der Waals surface area (Å²) in [6.07, 6.45) is 18.4. The first-order valence-corrected chi connectivity index (χ1v) is 12.3.